The summed E-state index contributed by atoms with van der Waals surface area (Å²) >= 11 is 1.14. The van der Waals surface area contributed by atoms with E-state index in [0.717, 1.165) is 28.0 Å². The molecule has 0 saturated heterocycles. The molecule has 0 fully saturated rings. The van der Waals surface area contributed by atoms with Gasteiger partial charge < -0.3 is 4.74 Å². The molecule has 0 atom stereocenters. The number of anilines is 1. The average Bonchev–Trinajstić information content (AvgIpc) is 3.00. The van der Waals surface area contributed by atoms with Crippen LogP contribution in [0.4, 0.5) is 10.1 Å². The summed E-state index contributed by atoms with van der Waals surface area (Å²) in [6.45, 7) is 1.77. The third-order valence-electron chi connectivity index (χ3n) is 3.39. The molecular formula is C16H14FN3O3S2. The molecule has 0 N–H and O–H groups in total. The van der Waals surface area contributed by atoms with E-state index in [1.54, 1.807) is 31.2 Å². The molecule has 0 bridgehead atoms. The van der Waals surface area contributed by atoms with Gasteiger partial charge in [-0.3, -0.25) is 4.31 Å². The van der Waals surface area contributed by atoms with Gasteiger partial charge in [-0.1, -0.05) is 0 Å². The molecule has 2 aromatic carbocycles. The molecule has 0 saturated carbocycles. The van der Waals surface area contributed by atoms with E-state index in [1.807, 2.05) is 0 Å². The Morgan fingerprint density at radius 1 is 1.08 bits per heavy atom. The number of sulfonamides is 1. The van der Waals surface area contributed by atoms with Gasteiger partial charge in [0.15, 0.2) is 0 Å². The Labute approximate surface area is 148 Å². The quantitative estimate of drug-likeness (QED) is 0.677. The number of hydrogen-bond acceptors (Lipinski definition) is 6. The van der Waals surface area contributed by atoms with E-state index in [2.05, 4.69) is 9.36 Å². The van der Waals surface area contributed by atoms with E-state index < -0.39 is 15.8 Å². The molecule has 3 rings (SSSR count). The number of rotatable bonds is 5. The molecule has 0 spiro atoms. The summed E-state index contributed by atoms with van der Waals surface area (Å²) < 4.78 is 48.8. The van der Waals surface area contributed by atoms with Gasteiger partial charge in [-0.05, 0) is 55.5 Å². The Balaban J connectivity index is 1.80. The predicted octanol–water partition coefficient (Wildman–Crippen LogP) is 3.60. The van der Waals surface area contributed by atoms with E-state index in [-0.39, 0.29) is 4.90 Å². The Kier molecular flexibility index (Phi) is 4.69. The maximum atomic E-state index is 13.0. The van der Waals surface area contributed by atoms with Gasteiger partial charge in [0.05, 0.1) is 10.6 Å². The molecule has 3 aromatic rings. The van der Waals surface area contributed by atoms with Crippen molar-refractivity contribution < 1.29 is 17.5 Å². The number of hydrogen-bond donors (Lipinski definition) is 0. The molecule has 0 amide bonds. The first-order chi connectivity index (χ1) is 11.9. The maximum absolute atomic E-state index is 13.0. The van der Waals surface area contributed by atoms with Crippen molar-refractivity contribution >= 4 is 27.2 Å². The van der Waals surface area contributed by atoms with Gasteiger partial charge in [-0.2, -0.15) is 9.36 Å². The van der Waals surface area contributed by atoms with Crippen molar-refractivity contribution in [2.75, 3.05) is 11.4 Å². The van der Waals surface area contributed by atoms with Crippen LogP contribution in [0.1, 0.15) is 5.82 Å². The molecule has 0 aliphatic heterocycles. The number of nitrogens with zero attached hydrogens (tertiary/aromatic N) is 3. The van der Waals surface area contributed by atoms with Gasteiger partial charge in [0.1, 0.15) is 17.4 Å². The lowest BCUT2D eigenvalue weighted by molar-refractivity contribution is 0.478. The molecular weight excluding hydrogens is 365 g/mol. The van der Waals surface area contributed by atoms with Crippen LogP contribution in [0.25, 0.3) is 0 Å². The topological polar surface area (TPSA) is 72.4 Å². The van der Waals surface area contributed by atoms with Crippen LogP contribution in [-0.2, 0) is 10.0 Å². The van der Waals surface area contributed by atoms with Crippen LogP contribution < -0.4 is 9.04 Å². The fraction of sp³-hybridized carbons (Fsp3) is 0.125. The summed E-state index contributed by atoms with van der Waals surface area (Å²) in [5.41, 5.74) is 0.449. The van der Waals surface area contributed by atoms with Gasteiger partial charge in [0.2, 0.25) is 0 Å². The predicted molar refractivity (Wildman–Crippen MR) is 93.2 cm³/mol. The minimum atomic E-state index is -3.77. The minimum absolute atomic E-state index is 0.0149. The van der Waals surface area contributed by atoms with Crippen molar-refractivity contribution in [1.82, 2.24) is 9.36 Å². The zero-order valence-corrected chi connectivity index (χ0v) is 15.0. The fourth-order valence-corrected chi connectivity index (χ4v) is 3.80. The summed E-state index contributed by atoms with van der Waals surface area (Å²) in [6, 6.07) is 11.2. The van der Waals surface area contributed by atoms with Gasteiger partial charge in [-0.25, -0.2) is 12.8 Å². The van der Waals surface area contributed by atoms with Crippen LogP contribution >= 0.6 is 11.5 Å². The van der Waals surface area contributed by atoms with E-state index in [4.69, 9.17) is 4.74 Å². The van der Waals surface area contributed by atoms with Crippen LogP contribution in [0.3, 0.4) is 0 Å². The summed E-state index contributed by atoms with van der Waals surface area (Å²) in [5.74, 6) is 0.657. The molecule has 1 aromatic heterocycles. The van der Waals surface area contributed by atoms with Crippen molar-refractivity contribution in [2.45, 2.75) is 11.8 Å². The number of halogens is 1. The lowest BCUT2D eigenvalue weighted by atomic mass is 10.3. The first-order valence-corrected chi connectivity index (χ1v) is 9.40. The number of benzene rings is 2. The van der Waals surface area contributed by atoms with E-state index >= 15 is 0 Å². The van der Waals surface area contributed by atoms with Crippen molar-refractivity contribution in [2.24, 2.45) is 0 Å². The molecule has 6 nitrogen and oxygen atoms in total. The molecule has 0 unspecified atom stereocenters. The first-order valence-electron chi connectivity index (χ1n) is 7.19. The summed E-state index contributed by atoms with van der Waals surface area (Å²) in [4.78, 5) is 4.11. The van der Waals surface area contributed by atoms with Crippen LogP contribution in [0.5, 0.6) is 10.9 Å². The second-order valence-electron chi connectivity index (χ2n) is 5.13. The molecule has 25 heavy (non-hydrogen) atoms. The van der Waals surface area contributed by atoms with Crippen LogP contribution in [0.2, 0.25) is 0 Å². The molecule has 130 valence electrons. The van der Waals surface area contributed by atoms with Gasteiger partial charge >= 0.3 is 0 Å². The molecule has 9 heteroatoms. The first kappa shape index (κ1) is 17.3. The van der Waals surface area contributed by atoms with E-state index in [9.17, 15) is 12.8 Å². The summed E-state index contributed by atoms with van der Waals surface area (Å²) in [5, 5.41) is 0.414. The number of aryl methyl sites for hydroxylation is 1. The Bertz CT molecular complexity index is 971. The van der Waals surface area contributed by atoms with Crippen LogP contribution in [0.15, 0.2) is 53.4 Å². The number of aromatic nitrogens is 2. The SMILES string of the molecule is Cc1nsc(Oc2ccc(N(C)S(=O)(=O)c3ccc(F)cc3)cc2)n1. The van der Waals surface area contributed by atoms with Crippen molar-refractivity contribution in [3.8, 4) is 10.9 Å². The fourth-order valence-electron chi connectivity index (χ4n) is 2.05. The van der Waals surface area contributed by atoms with Crippen molar-refractivity contribution in [3.63, 3.8) is 0 Å². The smallest absolute Gasteiger partial charge is 0.298 e. The van der Waals surface area contributed by atoms with Crippen LogP contribution in [0, 0.1) is 12.7 Å². The highest BCUT2D eigenvalue weighted by Crippen LogP contribution is 2.27. The van der Waals surface area contributed by atoms with Gasteiger partial charge in [-0.15, -0.1) is 0 Å². The second-order valence-corrected chi connectivity index (χ2v) is 7.81. The third kappa shape index (κ3) is 3.77. The maximum Gasteiger partial charge on any atom is 0.298 e. The summed E-state index contributed by atoms with van der Waals surface area (Å²) in [7, 11) is -2.34. The van der Waals surface area contributed by atoms with Crippen LogP contribution in [-0.4, -0.2) is 24.8 Å². The lowest BCUT2D eigenvalue weighted by Crippen LogP contribution is -2.26. The molecule has 0 aliphatic rings. The monoisotopic (exact) mass is 379 g/mol. The Hall–Kier alpha value is -2.52. The van der Waals surface area contributed by atoms with Gasteiger partial charge in [0.25, 0.3) is 15.2 Å². The lowest BCUT2D eigenvalue weighted by Gasteiger charge is -2.19. The van der Waals surface area contributed by atoms with E-state index in [1.165, 1.54) is 19.2 Å². The Morgan fingerprint density at radius 2 is 1.72 bits per heavy atom. The normalized spacial score (nSPS) is 11.3. The Morgan fingerprint density at radius 3 is 2.28 bits per heavy atom. The molecule has 0 radical (unpaired) electrons. The van der Waals surface area contributed by atoms with Crippen molar-refractivity contribution in [3.05, 3.63) is 60.2 Å². The highest BCUT2D eigenvalue weighted by Gasteiger charge is 2.21. The zero-order chi connectivity index (χ0) is 18.0. The third-order valence-corrected chi connectivity index (χ3v) is 5.87. The minimum Gasteiger partial charge on any atom is -0.430 e. The standard InChI is InChI=1S/C16H14FN3O3S2/c1-11-18-16(24-19-11)23-14-7-5-13(6-8-14)20(2)25(21,22)15-9-3-12(17)4-10-15/h3-10H,1-2H3. The molecule has 1 heterocycles. The van der Waals surface area contributed by atoms with Crippen molar-refractivity contribution in [1.29, 1.82) is 0 Å². The zero-order valence-electron chi connectivity index (χ0n) is 13.4. The highest BCUT2D eigenvalue weighted by molar-refractivity contribution is 7.92. The number of ether oxygens (including phenoxy) is 1. The highest BCUT2D eigenvalue weighted by atomic mass is 32.2. The van der Waals surface area contributed by atoms with E-state index in [0.29, 0.717) is 22.5 Å². The van der Waals surface area contributed by atoms with Gasteiger partial charge in [0, 0.05) is 18.6 Å². The molecule has 0 aliphatic carbocycles. The second kappa shape index (κ2) is 6.77. The average molecular weight is 379 g/mol. The largest absolute Gasteiger partial charge is 0.430 e. The summed E-state index contributed by atoms with van der Waals surface area (Å²) in [6.07, 6.45) is 0.